The van der Waals surface area contributed by atoms with Crippen molar-refractivity contribution in [2.24, 2.45) is 0 Å². The molecule has 4 heterocycles. The number of hydrogen-bond donors (Lipinski definition) is 0. The highest BCUT2D eigenvalue weighted by atomic mass is 15.2. The quantitative estimate of drug-likeness (QED) is 0.167. The molecule has 4 heteroatoms. The summed E-state index contributed by atoms with van der Waals surface area (Å²) >= 11 is 0. The van der Waals surface area contributed by atoms with E-state index in [9.17, 15) is 0 Å². The average Bonchev–Trinajstić information content (AvgIpc) is 3.69. The first-order valence-corrected chi connectivity index (χ1v) is 19.5. The molecule has 54 heavy (non-hydrogen) atoms. The standard InChI is InChI=1S/C50H42B2N2/c1-49(2,3)31-23-25-34(26-24-31)54-45-30-41-44(29-42(45)52-40-21-13-11-18-36(40)38-27-32(50(4,5)6)28-46(54)48(38)52)53(33-15-8-7-9-16-33)43-22-14-19-37-35-17-10-12-20-39(35)51(41)47(37)43/h7-30H,1-6H3. The van der Waals surface area contributed by atoms with Crippen LogP contribution < -0.4 is 42.6 Å². The zero-order chi connectivity index (χ0) is 36.7. The monoisotopic (exact) mass is 692 g/mol. The molecule has 0 fully saturated rings. The van der Waals surface area contributed by atoms with Gasteiger partial charge < -0.3 is 9.80 Å². The summed E-state index contributed by atoms with van der Waals surface area (Å²) in [6.07, 6.45) is 0. The third kappa shape index (κ3) is 4.31. The van der Waals surface area contributed by atoms with Crippen molar-refractivity contribution in [3.05, 3.63) is 157 Å². The lowest BCUT2D eigenvalue weighted by Crippen LogP contribution is -2.59. The van der Waals surface area contributed by atoms with E-state index in [1.165, 1.54) is 100 Å². The molecule has 0 amide bonds. The van der Waals surface area contributed by atoms with E-state index in [2.05, 4.69) is 197 Å². The maximum atomic E-state index is 2.60. The first kappa shape index (κ1) is 31.8. The minimum Gasteiger partial charge on any atom is -0.312 e. The molecule has 0 atom stereocenters. The fourth-order valence-corrected chi connectivity index (χ4v) is 9.98. The highest BCUT2D eigenvalue weighted by Crippen LogP contribution is 2.46. The molecule has 0 bridgehead atoms. The van der Waals surface area contributed by atoms with E-state index in [1.807, 2.05) is 0 Å². The molecule has 0 radical (unpaired) electrons. The van der Waals surface area contributed by atoms with Crippen molar-refractivity contribution < 1.29 is 0 Å². The summed E-state index contributed by atoms with van der Waals surface area (Å²) < 4.78 is 0. The lowest BCUT2D eigenvalue weighted by atomic mass is 9.34. The van der Waals surface area contributed by atoms with Crippen molar-refractivity contribution in [3.8, 4) is 22.3 Å². The molecule has 0 saturated heterocycles. The largest absolute Gasteiger partial charge is 0.312 e. The molecule has 2 nitrogen and oxygen atoms in total. The Balaban J connectivity index is 1.26. The molecule has 4 aliphatic rings. The summed E-state index contributed by atoms with van der Waals surface area (Å²) in [5.74, 6) is 0. The van der Waals surface area contributed by atoms with E-state index in [-0.39, 0.29) is 24.3 Å². The minimum absolute atomic E-state index is 0.0136. The molecule has 0 spiro atoms. The number of rotatable bonds is 2. The van der Waals surface area contributed by atoms with Crippen LogP contribution in [0.25, 0.3) is 22.3 Å². The lowest BCUT2D eigenvalue weighted by molar-refractivity contribution is 0.590. The van der Waals surface area contributed by atoms with E-state index in [0.29, 0.717) is 0 Å². The SMILES string of the molecule is CC(C)(C)c1ccc(N2c3cc4c(cc3B3c5ccccc5-c5cc(C(C)(C)C)cc2c53)N(c2ccccc2)c2cccc3c2B4c2ccccc2-3)cc1. The maximum absolute atomic E-state index is 2.60. The summed E-state index contributed by atoms with van der Waals surface area (Å²) in [6, 6.07) is 55.7. The normalized spacial score (nSPS) is 14.3. The Morgan fingerprint density at radius 1 is 0.352 bits per heavy atom. The number of hydrogen-bond acceptors (Lipinski definition) is 2. The van der Waals surface area contributed by atoms with Gasteiger partial charge in [-0.1, -0.05) is 150 Å². The maximum Gasteiger partial charge on any atom is 0.248 e. The zero-order valence-electron chi connectivity index (χ0n) is 31.9. The van der Waals surface area contributed by atoms with Gasteiger partial charge in [-0.2, -0.15) is 0 Å². The van der Waals surface area contributed by atoms with Gasteiger partial charge in [0.15, 0.2) is 0 Å². The summed E-state index contributed by atoms with van der Waals surface area (Å²) in [7, 11) is 0. The van der Waals surface area contributed by atoms with Crippen molar-refractivity contribution in [1.82, 2.24) is 0 Å². The number of para-hydroxylation sites is 1. The molecule has 0 N–H and O–H groups in total. The van der Waals surface area contributed by atoms with Crippen LogP contribution in [-0.2, 0) is 10.8 Å². The van der Waals surface area contributed by atoms with E-state index in [0.717, 1.165) is 0 Å². The first-order chi connectivity index (χ1) is 26.1. The van der Waals surface area contributed by atoms with Crippen LogP contribution in [0.3, 0.4) is 0 Å². The van der Waals surface area contributed by atoms with Crippen molar-refractivity contribution in [3.63, 3.8) is 0 Å². The highest BCUT2D eigenvalue weighted by Gasteiger charge is 2.47. The Labute approximate surface area is 320 Å². The molecule has 11 rings (SSSR count). The Kier molecular flexibility index (Phi) is 6.42. The molecule has 0 aliphatic carbocycles. The fourth-order valence-electron chi connectivity index (χ4n) is 9.98. The van der Waals surface area contributed by atoms with Gasteiger partial charge >= 0.3 is 0 Å². The smallest absolute Gasteiger partial charge is 0.248 e. The summed E-state index contributed by atoms with van der Waals surface area (Å²) in [6.45, 7) is 14.2. The minimum atomic E-state index is -0.0136. The van der Waals surface area contributed by atoms with Gasteiger partial charge in [0.2, 0.25) is 13.4 Å². The van der Waals surface area contributed by atoms with E-state index >= 15 is 0 Å². The van der Waals surface area contributed by atoms with Gasteiger partial charge in [-0.3, -0.25) is 0 Å². The molecular formula is C50H42B2N2. The second-order valence-corrected chi connectivity index (χ2v) is 17.8. The molecule has 7 aromatic carbocycles. The molecule has 258 valence electrons. The van der Waals surface area contributed by atoms with Crippen molar-refractivity contribution >= 4 is 80.3 Å². The molecular weight excluding hydrogens is 650 g/mol. The molecule has 0 aromatic heterocycles. The number of fused-ring (bicyclic) bond motifs is 10. The predicted molar refractivity (Wildman–Crippen MR) is 233 cm³/mol. The van der Waals surface area contributed by atoms with Crippen LogP contribution in [-0.4, -0.2) is 13.4 Å². The predicted octanol–water partition coefficient (Wildman–Crippen LogP) is 8.84. The number of anilines is 6. The van der Waals surface area contributed by atoms with Crippen LogP contribution >= 0.6 is 0 Å². The number of benzene rings is 7. The van der Waals surface area contributed by atoms with Crippen molar-refractivity contribution in [1.29, 1.82) is 0 Å². The Bertz CT molecular complexity index is 2700. The molecule has 0 unspecified atom stereocenters. The Morgan fingerprint density at radius 2 is 0.852 bits per heavy atom. The van der Waals surface area contributed by atoms with Crippen LogP contribution in [0.15, 0.2) is 146 Å². The van der Waals surface area contributed by atoms with Gasteiger partial charge in [0.25, 0.3) is 0 Å². The highest BCUT2D eigenvalue weighted by molar-refractivity contribution is 7.03. The van der Waals surface area contributed by atoms with Crippen molar-refractivity contribution in [2.75, 3.05) is 9.80 Å². The van der Waals surface area contributed by atoms with Crippen LogP contribution in [0.5, 0.6) is 0 Å². The van der Waals surface area contributed by atoms with Gasteiger partial charge in [-0.25, -0.2) is 0 Å². The molecule has 0 saturated carbocycles. The summed E-state index contributed by atoms with van der Waals surface area (Å²) in [5, 5.41) is 0. The van der Waals surface area contributed by atoms with Crippen LogP contribution in [0.2, 0.25) is 0 Å². The van der Waals surface area contributed by atoms with Crippen molar-refractivity contribution in [2.45, 2.75) is 52.4 Å². The second kappa shape index (κ2) is 10.9. The first-order valence-electron chi connectivity index (χ1n) is 19.5. The third-order valence-corrected chi connectivity index (χ3v) is 12.6. The zero-order valence-corrected chi connectivity index (χ0v) is 31.9. The Hall–Kier alpha value is -5.73. The van der Waals surface area contributed by atoms with Gasteiger partial charge in [0.1, 0.15) is 0 Å². The van der Waals surface area contributed by atoms with E-state index in [1.54, 1.807) is 0 Å². The van der Waals surface area contributed by atoms with E-state index in [4.69, 9.17) is 0 Å². The third-order valence-electron chi connectivity index (χ3n) is 12.6. The average molecular weight is 693 g/mol. The van der Waals surface area contributed by atoms with E-state index < -0.39 is 0 Å². The van der Waals surface area contributed by atoms with Gasteiger partial charge in [0, 0.05) is 34.1 Å². The summed E-state index contributed by atoms with van der Waals surface area (Å²) in [5.41, 5.74) is 24.1. The summed E-state index contributed by atoms with van der Waals surface area (Å²) in [4.78, 5) is 5.15. The Morgan fingerprint density at radius 3 is 1.46 bits per heavy atom. The van der Waals surface area contributed by atoms with Gasteiger partial charge in [0.05, 0.1) is 0 Å². The lowest BCUT2D eigenvalue weighted by Gasteiger charge is -2.41. The second-order valence-electron chi connectivity index (χ2n) is 17.8. The van der Waals surface area contributed by atoms with Gasteiger partial charge in [-0.15, -0.1) is 0 Å². The topological polar surface area (TPSA) is 6.48 Å². The number of nitrogens with zero attached hydrogens (tertiary/aromatic N) is 2. The molecule has 7 aromatic rings. The van der Waals surface area contributed by atoms with Crippen LogP contribution in [0.1, 0.15) is 52.7 Å². The fraction of sp³-hybridized carbons (Fsp3) is 0.160. The van der Waals surface area contributed by atoms with Crippen LogP contribution in [0.4, 0.5) is 34.1 Å². The van der Waals surface area contributed by atoms with Gasteiger partial charge in [-0.05, 0) is 115 Å². The molecule has 4 aliphatic heterocycles. The van der Waals surface area contributed by atoms with Crippen LogP contribution in [0, 0.1) is 0 Å².